The Bertz CT molecular complexity index is 992. The van der Waals surface area contributed by atoms with Crippen molar-refractivity contribution in [1.82, 2.24) is 15.3 Å². The number of benzene rings is 1. The van der Waals surface area contributed by atoms with Crippen LogP contribution in [0.3, 0.4) is 0 Å². The number of rotatable bonds is 4. The molecule has 1 aliphatic heterocycles. The lowest BCUT2D eigenvalue weighted by Crippen LogP contribution is -2.47. The lowest BCUT2D eigenvalue weighted by Gasteiger charge is -2.35. The van der Waals surface area contributed by atoms with Crippen molar-refractivity contribution in [3.63, 3.8) is 0 Å². The molecule has 0 spiro atoms. The number of carbonyl (C=O) groups is 1. The first kappa shape index (κ1) is 21.4. The Morgan fingerprint density at radius 3 is 2.74 bits per heavy atom. The summed E-state index contributed by atoms with van der Waals surface area (Å²) in [6.07, 6.45) is 0.112. The van der Waals surface area contributed by atoms with Crippen molar-refractivity contribution in [1.29, 1.82) is 0 Å². The number of halogens is 3. The monoisotopic (exact) mass is 433 g/mol. The smallest absolute Gasteiger partial charge is 0.354 e. The highest BCUT2D eigenvalue weighted by Gasteiger charge is 2.33. The summed E-state index contributed by atoms with van der Waals surface area (Å²) in [4.78, 5) is 22.9. The summed E-state index contributed by atoms with van der Waals surface area (Å²) >= 11 is 0. The standard InChI is InChI=1S/C22H26F3N5O/c1-13-8-9-15(11-18(13)22(23,24)25)27-21-28-19-7-3-6-17(19)20(29-21)30-10-4-5-16(12-30)26-14(2)31/h8-9,11,16H,3-7,10,12H2,1-2H3,(H,26,31)(H,27,28,29). The molecule has 1 fully saturated rings. The average molecular weight is 433 g/mol. The maximum Gasteiger partial charge on any atom is 0.416 e. The second-order valence-corrected chi connectivity index (χ2v) is 8.29. The molecule has 0 radical (unpaired) electrons. The van der Waals surface area contributed by atoms with E-state index in [1.54, 1.807) is 6.07 Å². The summed E-state index contributed by atoms with van der Waals surface area (Å²) in [6, 6.07) is 4.21. The van der Waals surface area contributed by atoms with Gasteiger partial charge in [0.15, 0.2) is 0 Å². The molecule has 1 aliphatic carbocycles. The predicted molar refractivity (Wildman–Crippen MR) is 113 cm³/mol. The van der Waals surface area contributed by atoms with Gasteiger partial charge in [-0.3, -0.25) is 4.79 Å². The maximum absolute atomic E-state index is 13.3. The van der Waals surface area contributed by atoms with E-state index in [0.29, 0.717) is 18.2 Å². The Balaban J connectivity index is 1.63. The van der Waals surface area contributed by atoms with Crippen LogP contribution in [0, 0.1) is 6.92 Å². The van der Waals surface area contributed by atoms with E-state index in [-0.39, 0.29) is 17.5 Å². The highest BCUT2D eigenvalue weighted by molar-refractivity contribution is 5.73. The molecule has 1 unspecified atom stereocenters. The molecule has 2 aliphatic rings. The van der Waals surface area contributed by atoms with Gasteiger partial charge in [-0.2, -0.15) is 18.2 Å². The largest absolute Gasteiger partial charge is 0.416 e. The molecule has 31 heavy (non-hydrogen) atoms. The van der Waals surface area contributed by atoms with E-state index >= 15 is 0 Å². The van der Waals surface area contributed by atoms with Crippen LogP contribution in [0.25, 0.3) is 0 Å². The molecule has 1 aromatic heterocycles. The second-order valence-electron chi connectivity index (χ2n) is 8.29. The third kappa shape index (κ3) is 4.75. The van der Waals surface area contributed by atoms with E-state index in [1.165, 1.54) is 19.9 Å². The van der Waals surface area contributed by atoms with Gasteiger partial charge in [-0.05, 0) is 56.7 Å². The minimum atomic E-state index is -4.42. The number of hydrogen-bond acceptors (Lipinski definition) is 5. The van der Waals surface area contributed by atoms with Crippen LogP contribution in [-0.2, 0) is 23.8 Å². The Labute approximate surface area is 179 Å². The van der Waals surface area contributed by atoms with Crippen LogP contribution in [0.15, 0.2) is 18.2 Å². The normalized spacial score (nSPS) is 18.6. The van der Waals surface area contributed by atoms with Gasteiger partial charge in [-0.15, -0.1) is 0 Å². The van der Waals surface area contributed by atoms with Crippen LogP contribution in [0.4, 0.5) is 30.6 Å². The zero-order valence-electron chi connectivity index (χ0n) is 17.6. The van der Waals surface area contributed by atoms with Gasteiger partial charge in [-0.1, -0.05) is 6.07 Å². The molecule has 1 atom stereocenters. The fraction of sp³-hybridized carbons (Fsp3) is 0.500. The SMILES string of the molecule is CC(=O)NC1CCCN(c2nc(Nc3ccc(C)c(C(F)(F)F)c3)nc3c2CCC3)C1. The number of piperidine rings is 1. The number of nitrogens with zero attached hydrogens (tertiary/aromatic N) is 3. The molecule has 0 bridgehead atoms. The van der Waals surface area contributed by atoms with Gasteiger partial charge in [0, 0.05) is 37.3 Å². The maximum atomic E-state index is 13.3. The molecule has 1 amide bonds. The Morgan fingerprint density at radius 1 is 1.19 bits per heavy atom. The first-order valence-electron chi connectivity index (χ1n) is 10.6. The summed E-state index contributed by atoms with van der Waals surface area (Å²) in [5.41, 5.74) is 1.85. The van der Waals surface area contributed by atoms with Crippen LogP contribution >= 0.6 is 0 Å². The van der Waals surface area contributed by atoms with Crippen LogP contribution in [-0.4, -0.2) is 35.0 Å². The summed E-state index contributed by atoms with van der Waals surface area (Å²) in [6.45, 7) is 4.44. The molecule has 1 aromatic carbocycles. The van der Waals surface area contributed by atoms with Gasteiger partial charge in [-0.25, -0.2) is 4.98 Å². The first-order chi connectivity index (χ1) is 14.7. The van der Waals surface area contributed by atoms with E-state index in [0.717, 1.165) is 61.8 Å². The molecular weight excluding hydrogens is 407 g/mol. The van der Waals surface area contributed by atoms with E-state index in [4.69, 9.17) is 4.98 Å². The van der Waals surface area contributed by atoms with Crippen LogP contribution in [0.5, 0.6) is 0 Å². The van der Waals surface area contributed by atoms with Crippen molar-refractivity contribution in [3.05, 3.63) is 40.6 Å². The van der Waals surface area contributed by atoms with Gasteiger partial charge < -0.3 is 15.5 Å². The van der Waals surface area contributed by atoms with Crippen LogP contribution in [0.1, 0.15) is 48.6 Å². The van der Waals surface area contributed by atoms with Gasteiger partial charge >= 0.3 is 6.18 Å². The molecule has 9 heteroatoms. The molecular formula is C22H26F3N5O. The number of alkyl halides is 3. The topological polar surface area (TPSA) is 70.2 Å². The molecule has 4 rings (SSSR count). The van der Waals surface area contributed by atoms with Crippen molar-refractivity contribution < 1.29 is 18.0 Å². The van der Waals surface area contributed by atoms with E-state index in [2.05, 4.69) is 20.5 Å². The van der Waals surface area contributed by atoms with Gasteiger partial charge in [0.2, 0.25) is 11.9 Å². The van der Waals surface area contributed by atoms with E-state index < -0.39 is 11.7 Å². The molecule has 166 valence electrons. The summed E-state index contributed by atoms with van der Waals surface area (Å²) in [7, 11) is 0. The fourth-order valence-electron chi connectivity index (χ4n) is 4.44. The van der Waals surface area contributed by atoms with Gasteiger partial charge in [0.1, 0.15) is 5.82 Å². The number of carbonyl (C=O) groups excluding carboxylic acids is 1. The molecule has 2 heterocycles. The molecule has 0 saturated carbocycles. The van der Waals surface area contributed by atoms with Crippen molar-refractivity contribution >= 4 is 23.4 Å². The average Bonchev–Trinajstić information content (AvgIpc) is 3.16. The van der Waals surface area contributed by atoms with Crippen LogP contribution < -0.4 is 15.5 Å². The number of nitrogens with one attached hydrogen (secondary N) is 2. The third-order valence-corrected chi connectivity index (χ3v) is 5.84. The van der Waals surface area contributed by atoms with Gasteiger partial charge in [0.25, 0.3) is 0 Å². The zero-order valence-corrected chi connectivity index (χ0v) is 17.6. The number of hydrogen-bond donors (Lipinski definition) is 2. The Hall–Kier alpha value is -2.84. The number of anilines is 3. The van der Waals surface area contributed by atoms with Crippen LogP contribution in [0.2, 0.25) is 0 Å². The number of aryl methyl sites for hydroxylation is 2. The number of amides is 1. The first-order valence-corrected chi connectivity index (χ1v) is 10.6. The molecule has 6 nitrogen and oxygen atoms in total. The number of fused-ring (bicyclic) bond motifs is 1. The lowest BCUT2D eigenvalue weighted by atomic mass is 10.0. The van der Waals surface area contributed by atoms with Crippen molar-refractivity contribution in [2.45, 2.75) is 58.2 Å². The molecule has 2 aromatic rings. The highest BCUT2D eigenvalue weighted by atomic mass is 19.4. The van der Waals surface area contributed by atoms with Crippen molar-refractivity contribution in [2.75, 3.05) is 23.3 Å². The Morgan fingerprint density at radius 2 is 2.00 bits per heavy atom. The predicted octanol–water partition coefficient (Wildman–Crippen LogP) is 4.14. The quantitative estimate of drug-likeness (QED) is 0.759. The molecule has 1 saturated heterocycles. The summed E-state index contributed by atoms with van der Waals surface area (Å²) in [5.74, 6) is 1.07. The number of aromatic nitrogens is 2. The van der Waals surface area contributed by atoms with E-state index in [1.807, 2.05) is 0 Å². The highest BCUT2D eigenvalue weighted by Crippen LogP contribution is 2.35. The van der Waals surface area contributed by atoms with E-state index in [9.17, 15) is 18.0 Å². The summed E-state index contributed by atoms with van der Waals surface area (Å²) < 4.78 is 39.9. The third-order valence-electron chi connectivity index (χ3n) is 5.84. The fourth-order valence-corrected chi connectivity index (χ4v) is 4.44. The van der Waals surface area contributed by atoms with Gasteiger partial charge in [0.05, 0.1) is 11.3 Å². The van der Waals surface area contributed by atoms with Crippen molar-refractivity contribution in [2.24, 2.45) is 0 Å². The Kier molecular flexibility index (Phi) is 5.77. The zero-order chi connectivity index (χ0) is 22.2. The second kappa shape index (κ2) is 8.36. The minimum absolute atomic E-state index is 0.0537. The minimum Gasteiger partial charge on any atom is -0.354 e. The van der Waals surface area contributed by atoms with Crippen molar-refractivity contribution in [3.8, 4) is 0 Å². The molecule has 2 N–H and O–H groups in total. The lowest BCUT2D eigenvalue weighted by molar-refractivity contribution is -0.138. The summed E-state index contributed by atoms with van der Waals surface area (Å²) in [5, 5.41) is 5.96.